The second-order valence-electron chi connectivity index (χ2n) is 4.31. The quantitative estimate of drug-likeness (QED) is 0.559. The number of nitro groups is 1. The number of hydrogen-bond donors (Lipinski definition) is 2. The summed E-state index contributed by atoms with van der Waals surface area (Å²) in [6.45, 7) is 0.626. The van der Waals surface area contributed by atoms with Crippen LogP contribution < -0.4 is 5.73 Å². The Morgan fingerprint density at radius 3 is 3.10 bits per heavy atom. The van der Waals surface area contributed by atoms with E-state index in [4.69, 9.17) is 15.6 Å². The maximum absolute atomic E-state index is 12.3. The Kier molecular flexibility index (Phi) is 4.11. The fourth-order valence-electron chi connectivity index (χ4n) is 1.92. The van der Waals surface area contributed by atoms with E-state index in [1.54, 1.807) is 0 Å². The van der Waals surface area contributed by atoms with Gasteiger partial charge in [-0.05, 0) is 0 Å². The van der Waals surface area contributed by atoms with Crippen LogP contribution in [0, 0.1) is 10.1 Å². The minimum absolute atomic E-state index is 0.0159. The summed E-state index contributed by atoms with van der Waals surface area (Å²) < 4.78 is 5.24. The molecule has 1 atom stereocenters. The van der Waals surface area contributed by atoms with Crippen LogP contribution in [0.3, 0.4) is 0 Å². The molecule has 1 saturated heterocycles. The molecule has 1 aromatic heterocycles. The molecule has 1 unspecified atom stereocenters. The monoisotopic (exact) mass is 282 g/mol. The molecule has 2 rings (SSSR count). The first kappa shape index (κ1) is 14.2. The Labute approximate surface area is 114 Å². The lowest BCUT2D eigenvalue weighted by atomic mass is 10.2. The highest BCUT2D eigenvalue weighted by Gasteiger charge is 2.27. The first-order chi connectivity index (χ1) is 9.52. The number of carbonyl (C=O) groups is 1. The minimum Gasteiger partial charge on any atom is -0.394 e. The normalized spacial score (nSPS) is 18.9. The summed E-state index contributed by atoms with van der Waals surface area (Å²) >= 11 is 0. The van der Waals surface area contributed by atoms with Gasteiger partial charge in [0.25, 0.3) is 11.6 Å². The topological polar surface area (TPSA) is 132 Å². The number of morpholine rings is 1. The van der Waals surface area contributed by atoms with Crippen LogP contribution in [0.2, 0.25) is 0 Å². The molecule has 2 heterocycles. The average Bonchev–Trinajstić information content (AvgIpc) is 2.46. The zero-order valence-corrected chi connectivity index (χ0v) is 10.6. The van der Waals surface area contributed by atoms with E-state index in [0.717, 1.165) is 12.3 Å². The van der Waals surface area contributed by atoms with Crippen molar-refractivity contribution in [3.8, 4) is 0 Å². The molecular weight excluding hydrogens is 268 g/mol. The van der Waals surface area contributed by atoms with E-state index in [1.165, 1.54) is 4.90 Å². The van der Waals surface area contributed by atoms with E-state index in [9.17, 15) is 14.9 Å². The lowest BCUT2D eigenvalue weighted by Crippen LogP contribution is -2.47. The third-order valence-corrected chi connectivity index (χ3v) is 2.97. The van der Waals surface area contributed by atoms with Gasteiger partial charge in [-0.25, -0.2) is 4.98 Å². The number of anilines is 1. The number of ether oxygens (including phenoxy) is 1. The van der Waals surface area contributed by atoms with E-state index in [-0.39, 0.29) is 30.2 Å². The number of hydrogen-bond acceptors (Lipinski definition) is 7. The predicted molar refractivity (Wildman–Crippen MR) is 68.0 cm³/mol. The summed E-state index contributed by atoms with van der Waals surface area (Å²) in [5, 5.41) is 19.8. The van der Waals surface area contributed by atoms with Crippen molar-refractivity contribution in [2.75, 3.05) is 32.0 Å². The van der Waals surface area contributed by atoms with E-state index < -0.39 is 16.9 Å². The van der Waals surface area contributed by atoms with Crippen molar-refractivity contribution in [3.63, 3.8) is 0 Å². The molecule has 20 heavy (non-hydrogen) atoms. The largest absolute Gasteiger partial charge is 0.394 e. The maximum Gasteiger partial charge on any atom is 0.288 e. The number of aliphatic hydroxyl groups excluding tert-OH is 1. The lowest BCUT2D eigenvalue weighted by Gasteiger charge is -2.32. The predicted octanol–water partition coefficient (Wildman–Crippen LogP) is -0.595. The van der Waals surface area contributed by atoms with Crippen molar-refractivity contribution in [2.45, 2.75) is 6.10 Å². The van der Waals surface area contributed by atoms with Crippen molar-refractivity contribution >= 4 is 17.4 Å². The molecule has 1 fully saturated rings. The van der Waals surface area contributed by atoms with Gasteiger partial charge in [-0.3, -0.25) is 14.9 Å². The smallest absolute Gasteiger partial charge is 0.288 e. The van der Waals surface area contributed by atoms with Gasteiger partial charge < -0.3 is 20.5 Å². The molecule has 1 aliphatic rings. The zero-order chi connectivity index (χ0) is 14.7. The fourth-order valence-corrected chi connectivity index (χ4v) is 1.92. The highest BCUT2D eigenvalue weighted by atomic mass is 16.6. The van der Waals surface area contributed by atoms with Gasteiger partial charge in [0.15, 0.2) is 0 Å². The zero-order valence-electron chi connectivity index (χ0n) is 10.6. The van der Waals surface area contributed by atoms with E-state index in [2.05, 4.69) is 4.98 Å². The third-order valence-electron chi connectivity index (χ3n) is 2.97. The van der Waals surface area contributed by atoms with E-state index >= 15 is 0 Å². The van der Waals surface area contributed by atoms with Crippen LogP contribution >= 0.6 is 0 Å². The second-order valence-corrected chi connectivity index (χ2v) is 4.31. The summed E-state index contributed by atoms with van der Waals surface area (Å²) in [4.78, 5) is 27.5. The number of aliphatic hydroxyl groups is 1. The number of amides is 1. The summed E-state index contributed by atoms with van der Waals surface area (Å²) in [6.07, 6.45) is 0.544. The van der Waals surface area contributed by atoms with Crippen molar-refractivity contribution < 1.29 is 19.6 Å². The Balaban J connectivity index is 2.24. The van der Waals surface area contributed by atoms with Crippen molar-refractivity contribution in [3.05, 3.63) is 27.9 Å². The Hall–Kier alpha value is -2.26. The molecule has 0 radical (unpaired) electrons. The number of rotatable bonds is 3. The highest BCUT2D eigenvalue weighted by Crippen LogP contribution is 2.19. The van der Waals surface area contributed by atoms with Crippen LogP contribution in [0.1, 0.15) is 10.4 Å². The van der Waals surface area contributed by atoms with Crippen LogP contribution in [0.5, 0.6) is 0 Å². The lowest BCUT2D eigenvalue weighted by molar-refractivity contribution is -0.385. The van der Waals surface area contributed by atoms with E-state index in [0.29, 0.717) is 13.2 Å². The molecule has 0 aliphatic carbocycles. The number of aromatic nitrogens is 1. The number of carbonyl (C=O) groups excluding carboxylic acids is 1. The molecular formula is C11H14N4O5. The molecule has 3 N–H and O–H groups in total. The molecule has 0 saturated carbocycles. The second kappa shape index (κ2) is 5.80. The Morgan fingerprint density at radius 1 is 1.70 bits per heavy atom. The number of nitrogens with two attached hydrogens (primary N) is 1. The standard InChI is InChI=1S/C11H14N4O5/c12-10-9(3-7(4-13-10)15(18)19)11(17)14-1-2-20-8(5-14)6-16/h3-4,8,16H,1-2,5-6H2,(H2,12,13). The Bertz CT molecular complexity index is 536. The number of nitrogens with zero attached hydrogens (tertiary/aromatic N) is 3. The molecule has 0 aromatic carbocycles. The average molecular weight is 282 g/mol. The van der Waals surface area contributed by atoms with Crippen LogP contribution in [-0.2, 0) is 4.74 Å². The molecule has 9 heteroatoms. The van der Waals surface area contributed by atoms with Crippen molar-refractivity contribution in [1.82, 2.24) is 9.88 Å². The van der Waals surface area contributed by atoms with Crippen molar-refractivity contribution in [2.24, 2.45) is 0 Å². The first-order valence-electron chi connectivity index (χ1n) is 5.94. The van der Waals surface area contributed by atoms with Gasteiger partial charge in [-0.15, -0.1) is 0 Å². The molecule has 1 amide bonds. The van der Waals surface area contributed by atoms with Gasteiger partial charge in [0.2, 0.25) is 0 Å². The van der Waals surface area contributed by atoms with Gasteiger partial charge in [0.05, 0.1) is 29.8 Å². The maximum atomic E-state index is 12.3. The van der Waals surface area contributed by atoms with Gasteiger partial charge in [0, 0.05) is 19.2 Å². The minimum atomic E-state index is -0.640. The van der Waals surface area contributed by atoms with Gasteiger partial charge >= 0.3 is 0 Å². The highest BCUT2D eigenvalue weighted by molar-refractivity contribution is 5.99. The van der Waals surface area contributed by atoms with Gasteiger partial charge in [-0.2, -0.15) is 0 Å². The summed E-state index contributed by atoms with van der Waals surface area (Å²) in [6, 6.07) is 1.11. The molecule has 0 bridgehead atoms. The van der Waals surface area contributed by atoms with Crippen LogP contribution in [0.4, 0.5) is 11.5 Å². The summed E-state index contributed by atoms with van der Waals surface area (Å²) in [5.74, 6) is -0.520. The van der Waals surface area contributed by atoms with E-state index in [1.807, 2.05) is 0 Å². The van der Waals surface area contributed by atoms with Crippen LogP contribution in [0.15, 0.2) is 12.3 Å². The summed E-state index contributed by atoms with van der Waals surface area (Å²) in [7, 11) is 0. The molecule has 1 aromatic rings. The Morgan fingerprint density at radius 2 is 2.45 bits per heavy atom. The first-order valence-corrected chi connectivity index (χ1v) is 5.94. The molecule has 9 nitrogen and oxygen atoms in total. The molecule has 108 valence electrons. The van der Waals surface area contributed by atoms with Crippen LogP contribution in [0.25, 0.3) is 0 Å². The van der Waals surface area contributed by atoms with Gasteiger partial charge in [0.1, 0.15) is 12.0 Å². The van der Waals surface area contributed by atoms with Gasteiger partial charge in [-0.1, -0.05) is 0 Å². The molecule has 0 spiro atoms. The SMILES string of the molecule is Nc1ncc([N+](=O)[O-])cc1C(=O)N1CCOC(CO)C1. The van der Waals surface area contributed by atoms with Crippen molar-refractivity contribution in [1.29, 1.82) is 0 Å². The van der Waals surface area contributed by atoms with Crippen LogP contribution in [-0.4, -0.2) is 58.2 Å². The number of nitrogen functional groups attached to an aromatic ring is 1. The molecule has 1 aliphatic heterocycles. The third kappa shape index (κ3) is 2.83. The number of pyridine rings is 1. The summed E-state index contributed by atoms with van der Waals surface area (Å²) in [5.41, 5.74) is 5.29. The fraction of sp³-hybridized carbons (Fsp3) is 0.455.